The summed E-state index contributed by atoms with van der Waals surface area (Å²) in [5.41, 5.74) is 11.7. The van der Waals surface area contributed by atoms with E-state index in [2.05, 4.69) is 34.0 Å². The van der Waals surface area contributed by atoms with Gasteiger partial charge in [0.2, 0.25) is 0 Å². The van der Waals surface area contributed by atoms with Crippen LogP contribution in [0.1, 0.15) is 12.8 Å². The van der Waals surface area contributed by atoms with Gasteiger partial charge in [-0.1, -0.05) is 12.2 Å². The monoisotopic (exact) mass is 215 g/mol. The molecule has 0 saturated heterocycles. The molecule has 0 aromatic heterocycles. The fourth-order valence-corrected chi connectivity index (χ4v) is 1.49. The lowest BCUT2D eigenvalue weighted by molar-refractivity contribution is 0.0390. The zero-order chi connectivity index (χ0) is 11.1. The van der Waals surface area contributed by atoms with Crippen LogP contribution < -0.4 is 27.7 Å². The van der Waals surface area contributed by atoms with Gasteiger partial charge in [0.15, 0.2) is 0 Å². The summed E-state index contributed by atoms with van der Waals surface area (Å²) < 4.78 is 0. The number of nitrogens with two attached hydrogens (primary N) is 1. The molecule has 0 aromatic rings. The van der Waals surface area contributed by atoms with Crippen LogP contribution in [0.25, 0.3) is 0 Å². The average Bonchev–Trinajstić information content (AvgIpc) is 2.76. The van der Waals surface area contributed by atoms with Gasteiger partial charge >= 0.3 is 0 Å². The Kier molecular flexibility index (Phi) is 5.73. The molecular formula is C8H21N7. The Morgan fingerprint density at radius 3 is 2.80 bits per heavy atom. The van der Waals surface area contributed by atoms with Crippen molar-refractivity contribution in [2.75, 3.05) is 20.8 Å². The van der Waals surface area contributed by atoms with E-state index in [0.717, 1.165) is 12.8 Å². The molecule has 6 N–H and O–H groups in total. The first-order chi connectivity index (χ1) is 7.27. The minimum absolute atomic E-state index is 0.398. The van der Waals surface area contributed by atoms with Gasteiger partial charge in [0.1, 0.15) is 0 Å². The lowest BCUT2D eigenvalue weighted by Crippen LogP contribution is -2.60. The van der Waals surface area contributed by atoms with E-state index in [0.29, 0.717) is 12.7 Å². The molecule has 1 atom stereocenters. The first kappa shape index (κ1) is 12.5. The highest BCUT2D eigenvalue weighted by molar-refractivity contribution is 5.00. The minimum atomic E-state index is 0.398. The fourth-order valence-electron chi connectivity index (χ4n) is 1.49. The highest BCUT2D eigenvalue weighted by Crippen LogP contribution is 2.13. The summed E-state index contributed by atoms with van der Waals surface area (Å²) in [7, 11) is 3.59. The summed E-state index contributed by atoms with van der Waals surface area (Å²) in [6, 6.07) is 0.398. The van der Waals surface area contributed by atoms with Gasteiger partial charge in [-0.05, 0) is 19.9 Å². The summed E-state index contributed by atoms with van der Waals surface area (Å²) in [6.45, 7) is 0.604. The molecule has 15 heavy (non-hydrogen) atoms. The second kappa shape index (κ2) is 6.85. The van der Waals surface area contributed by atoms with Gasteiger partial charge in [-0.15, -0.1) is 5.23 Å². The Hall–Kier alpha value is -0.540. The van der Waals surface area contributed by atoms with Gasteiger partial charge in [-0.3, -0.25) is 0 Å². The van der Waals surface area contributed by atoms with Gasteiger partial charge in [-0.25, -0.2) is 27.1 Å². The van der Waals surface area contributed by atoms with E-state index >= 15 is 0 Å². The van der Waals surface area contributed by atoms with Crippen LogP contribution in [0.4, 0.5) is 0 Å². The highest BCUT2D eigenvalue weighted by atomic mass is 15.9. The Bertz CT molecular complexity index is 195. The molecule has 7 nitrogen and oxygen atoms in total. The topological polar surface area (TPSA) is 80.6 Å². The molecule has 1 unspecified atom stereocenters. The Morgan fingerprint density at radius 1 is 1.47 bits per heavy atom. The number of nitrogens with one attached hydrogen (secondary N) is 4. The molecule has 0 spiro atoms. The van der Waals surface area contributed by atoms with Crippen molar-refractivity contribution in [3.63, 3.8) is 0 Å². The SMILES string of the molecule is CNNN(CNN(N)NC)C1C=CCC1. The van der Waals surface area contributed by atoms with Crippen LogP contribution in [0.5, 0.6) is 0 Å². The molecule has 1 aliphatic rings. The number of hydrazine groups is 5. The van der Waals surface area contributed by atoms with E-state index < -0.39 is 0 Å². The maximum absolute atomic E-state index is 5.53. The minimum Gasteiger partial charge on any atom is -0.247 e. The number of hydrogen-bond acceptors (Lipinski definition) is 7. The number of hydrogen-bond donors (Lipinski definition) is 5. The quantitative estimate of drug-likeness (QED) is 0.152. The van der Waals surface area contributed by atoms with Crippen molar-refractivity contribution in [2.45, 2.75) is 18.9 Å². The van der Waals surface area contributed by atoms with E-state index in [1.54, 1.807) is 7.05 Å². The number of rotatable bonds is 7. The van der Waals surface area contributed by atoms with Crippen LogP contribution >= 0.6 is 0 Å². The zero-order valence-corrected chi connectivity index (χ0v) is 9.33. The lowest BCUT2D eigenvalue weighted by Gasteiger charge is -2.29. The van der Waals surface area contributed by atoms with Gasteiger partial charge in [0.05, 0.1) is 6.67 Å². The maximum atomic E-state index is 5.53. The van der Waals surface area contributed by atoms with Crippen LogP contribution in [0.15, 0.2) is 12.2 Å². The van der Waals surface area contributed by atoms with Crippen molar-refractivity contribution >= 4 is 0 Å². The third-order valence-electron chi connectivity index (χ3n) is 2.30. The normalized spacial score (nSPS) is 20.7. The van der Waals surface area contributed by atoms with Crippen LogP contribution in [0, 0.1) is 0 Å². The predicted octanol–water partition coefficient (Wildman–Crippen LogP) is -1.58. The number of allylic oxidation sites excluding steroid dienone is 1. The van der Waals surface area contributed by atoms with E-state index in [1.165, 1.54) is 5.23 Å². The fraction of sp³-hybridized carbons (Fsp3) is 0.750. The molecule has 1 aliphatic carbocycles. The Morgan fingerprint density at radius 2 is 2.27 bits per heavy atom. The molecule has 0 aromatic carbocycles. The smallest absolute Gasteiger partial charge is 0.0800 e. The molecule has 88 valence electrons. The van der Waals surface area contributed by atoms with Crippen LogP contribution in [0.2, 0.25) is 0 Å². The lowest BCUT2D eigenvalue weighted by atomic mass is 10.2. The zero-order valence-electron chi connectivity index (χ0n) is 9.33. The second-order valence-electron chi connectivity index (χ2n) is 3.31. The summed E-state index contributed by atoms with van der Waals surface area (Å²) in [5.74, 6) is 5.53. The van der Waals surface area contributed by atoms with Crippen molar-refractivity contribution in [3.05, 3.63) is 12.2 Å². The molecule has 0 aliphatic heterocycles. The van der Waals surface area contributed by atoms with Crippen LogP contribution in [0.3, 0.4) is 0 Å². The summed E-state index contributed by atoms with van der Waals surface area (Å²) in [5, 5.41) is 3.36. The molecule has 7 heteroatoms. The van der Waals surface area contributed by atoms with Crippen molar-refractivity contribution in [3.8, 4) is 0 Å². The van der Waals surface area contributed by atoms with Crippen molar-refractivity contribution in [2.24, 2.45) is 5.84 Å². The standard InChI is InChI=1S/C8H21N7/c1-10-13-14(7-12-15(9)11-2)8-5-3-4-6-8/h3,5,8,10-13H,4,6-7,9H2,1-2H3. The Labute approximate surface area is 90.5 Å². The van der Waals surface area contributed by atoms with Crippen molar-refractivity contribution < 1.29 is 0 Å². The van der Waals surface area contributed by atoms with E-state index in [9.17, 15) is 0 Å². The number of nitrogens with zero attached hydrogens (tertiary/aromatic N) is 2. The second-order valence-corrected chi connectivity index (χ2v) is 3.31. The first-order valence-electron chi connectivity index (χ1n) is 5.09. The summed E-state index contributed by atoms with van der Waals surface area (Å²) in [6.07, 6.45) is 6.63. The average molecular weight is 215 g/mol. The molecule has 0 heterocycles. The van der Waals surface area contributed by atoms with Crippen molar-refractivity contribution in [1.29, 1.82) is 0 Å². The van der Waals surface area contributed by atoms with Crippen LogP contribution in [-0.4, -0.2) is 37.0 Å². The molecule has 0 radical (unpaired) electrons. The van der Waals surface area contributed by atoms with E-state index in [-0.39, 0.29) is 0 Å². The van der Waals surface area contributed by atoms with E-state index in [1.807, 2.05) is 12.1 Å². The first-order valence-corrected chi connectivity index (χ1v) is 5.09. The molecule has 1 rings (SSSR count). The van der Waals surface area contributed by atoms with Gasteiger partial charge in [0.25, 0.3) is 0 Å². The predicted molar refractivity (Wildman–Crippen MR) is 59.3 cm³/mol. The largest absolute Gasteiger partial charge is 0.247 e. The highest BCUT2D eigenvalue weighted by Gasteiger charge is 2.17. The molecule has 0 bridgehead atoms. The van der Waals surface area contributed by atoms with Gasteiger partial charge in [0, 0.05) is 13.1 Å². The third kappa shape index (κ3) is 4.22. The van der Waals surface area contributed by atoms with Crippen LogP contribution in [-0.2, 0) is 0 Å². The summed E-state index contributed by atoms with van der Waals surface area (Å²) >= 11 is 0. The third-order valence-corrected chi connectivity index (χ3v) is 2.30. The Balaban J connectivity index is 2.32. The maximum Gasteiger partial charge on any atom is 0.0800 e. The van der Waals surface area contributed by atoms with E-state index in [4.69, 9.17) is 5.84 Å². The van der Waals surface area contributed by atoms with Gasteiger partial charge in [-0.2, -0.15) is 5.53 Å². The molecule has 0 saturated carbocycles. The van der Waals surface area contributed by atoms with Crippen molar-refractivity contribution in [1.82, 2.24) is 32.0 Å². The molecular weight excluding hydrogens is 194 g/mol. The molecule has 0 fully saturated rings. The summed E-state index contributed by atoms with van der Waals surface area (Å²) in [4.78, 5) is 0. The van der Waals surface area contributed by atoms with Gasteiger partial charge < -0.3 is 0 Å². The molecule has 0 amide bonds.